The summed E-state index contributed by atoms with van der Waals surface area (Å²) in [6.45, 7) is 0. The van der Waals surface area contributed by atoms with Crippen LogP contribution in [0.25, 0.3) is 11.0 Å². The van der Waals surface area contributed by atoms with Gasteiger partial charge in [0.15, 0.2) is 0 Å². The van der Waals surface area contributed by atoms with E-state index in [1.807, 2.05) is 37.1 Å². The Balaban J connectivity index is 1.61. The van der Waals surface area contributed by atoms with Crippen LogP contribution in [0.5, 0.6) is 0 Å². The maximum absolute atomic E-state index is 4.34. The van der Waals surface area contributed by atoms with Crippen molar-refractivity contribution in [3.63, 3.8) is 0 Å². The Morgan fingerprint density at radius 2 is 1.57 bits per heavy atom. The van der Waals surface area contributed by atoms with Gasteiger partial charge < -0.3 is 0 Å². The van der Waals surface area contributed by atoms with E-state index in [4.69, 9.17) is 0 Å². The van der Waals surface area contributed by atoms with Gasteiger partial charge in [0.2, 0.25) is 0 Å². The van der Waals surface area contributed by atoms with E-state index >= 15 is 0 Å². The molecule has 0 spiro atoms. The smallest absolute Gasteiger partial charge is 0.121 e. The Morgan fingerprint density at radius 3 is 2.35 bits per heavy atom. The first-order chi connectivity index (χ1) is 11.3. The number of benzene rings is 2. The molecular weight excluding hydrogens is 368 g/mol. The molecule has 0 amide bonds. The third kappa shape index (κ3) is 3.04. The Morgan fingerprint density at radius 1 is 0.826 bits per heavy atom. The SMILES string of the molecule is Brc1ccc(C#Cc2ccc([C]3[CH][CH][CH][CH]3)cc2)c2nsnc12. The summed E-state index contributed by atoms with van der Waals surface area (Å²) < 4.78 is 9.58. The van der Waals surface area contributed by atoms with Gasteiger partial charge in [-0.2, -0.15) is 8.75 Å². The van der Waals surface area contributed by atoms with E-state index in [-0.39, 0.29) is 0 Å². The van der Waals surface area contributed by atoms with Crippen molar-refractivity contribution in [2.75, 3.05) is 0 Å². The van der Waals surface area contributed by atoms with Crippen LogP contribution in [0.15, 0.2) is 40.9 Å². The van der Waals surface area contributed by atoms with E-state index in [1.54, 1.807) is 0 Å². The fourth-order valence-corrected chi connectivity index (χ4v) is 3.49. The lowest BCUT2D eigenvalue weighted by atomic mass is 9.97. The fraction of sp³-hybridized carbons (Fsp3) is 0. The van der Waals surface area contributed by atoms with Gasteiger partial charge in [0.25, 0.3) is 0 Å². The molecule has 0 saturated heterocycles. The average molecular weight is 378 g/mol. The molecule has 0 aliphatic heterocycles. The highest BCUT2D eigenvalue weighted by atomic mass is 79.9. The zero-order valence-corrected chi connectivity index (χ0v) is 14.4. The normalized spacial score (nSPS) is 14.8. The van der Waals surface area contributed by atoms with Crippen molar-refractivity contribution >= 4 is 38.7 Å². The van der Waals surface area contributed by atoms with Crippen molar-refractivity contribution in [1.29, 1.82) is 0 Å². The van der Waals surface area contributed by atoms with Gasteiger partial charge in [-0.15, -0.1) is 0 Å². The van der Waals surface area contributed by atoms with Crippen LogP contribution in [0.4, 0.5) is 0 Å². The largest absolute Gasteiger partial charge is 0.172 e. The van der Waals surface area contributed by atoms with Crippen LogP contribution in [0.2, 0.25) is 0 Å². The molecule has 4 heteroatoms. The summed E-state index contributed by atoms with van der Waals surface area (Å²) in [5.41, 5.74) is 4.81. The number of rotatable bonds is 1. The molecule has 23 heavy (non-hydrogen) atoms. The molecular formula is C19H10BrN2S. The molecule has 0 unspecified atom stereocenters. The summed E-state index contributed by atoms with van der Waals surface area (Å²) in [4.78, 5) is 0. The summed E-state index contributed by atoms with van der Waals surface area (Å²) in [5, 5.41) is 0. The van der Waals surface area contributed by atoms with Crippen molar-refractivity contribution < 1.29 is 0 Å². The number of nitrogens with zero attached hydrogens (tertiary/aromatic N) is 2. The number of hydrogen-bond acceptors (Lipinski definition) is 3. The first kappa shape index (κ1) is 14.9. The Labute approximate surface area is 148 Å². The fourth-order valence-electron chi connectivity index (χ4n) is 2.39. The first-order valence-corrected chi connectivity index (χ1v) is 8.58. The van der Waals surface area contributed by atoms with Crippen LogP contribution in [0.3, 0.4) is 0 Å². The molecule has 5 radical (unpaired) electrons. The third-order valence-corrected chi connectivity index (χ3v) is 4.76. The Kier molecular flexibility index (Phi) is 4.15. The molecule has 0 N–H and O–H groups in total. The lowest BCUT2D eigenvalue weighted by molar-refractivity contribution is 1.28. The lowest BCUT2D eigenvalue weighted by Crippen LogP contribution is -1.94. The maximum atomic E-state index is 4.34. The predicted octanol–water partition coefficient (Wildman–Crippen LogP) is 4.61. The van der Waals surface area contributed by atoms with E-state index in [2.05, 4.69) is 61.5 Å². The molecule has 3 aromatic rings. The van der Waals surface area contributed by atoms with Gasteiger partial charge in [0, 0.05) is 16.0 Å². The predicted molar refractivity (Wildman–Crippen MR) is 97.1 cm³/mol. The summed E-state index contributed by atoms with van der Waals surface area (Å²) >= 11 is 4.69. The minimum Gasteiger partial charge on any atom is -0.172 e. The van der Waals surface area contributed by atoms with Crippen LogP contribution >= 0.6 is 27.7 Å². The van der Waals surface area contributed by atoms with Crippen molar-refractivity contribution in [3.05, 3.63) is 89.2 Å². The molecule has 1 aromatic heterocycles. The molecule has 1 aliphatic rings. The second kappa shape index (κ2) is 6.43. The van der Waals surface area contributed by atoms with Gasteiger partial charge in [0.1, 0.15) is 11.0 Å². The molecule has 1 saturated carbocycles. The average Bonchev–Trinajstić information content (AvgIpc) is 3.27. The number of fused-ring (bicyclic) bond motifs is 1. The quantitative estimate of drug-likeness (QED) is 0.578. The summed E-state index contributed by atoms with van der Waals surface area (Å²) in [5.74, 6) is 7.64. The molecule has 1 aliphatic carbocycles. The van der Waals surface area contributed by atoms with E-state index < -0.39 is 0 Å². The lowest BCUT2D eigenvalue weighted by Gasteiger charge is -2.07. The van der Waals surface area contributed by atoms with Gasteiger partial charge >= 0.3 is 0 Å². The molecule has 4 rings (SSSR count). The highest BCUT2D eigenvalue weighted by Gasteiger charge is 2.18. The van der Waals surface area contributed by atoms with E-state index in [9.17, 15) is 0 Å². The van der Waals surface area contributed by atoms with Crippen molar-refractivity contribution in [3.8, 4) is 11.8 Å². The number of aromatic nitrogens is 2. The second-order valence-electron chi connectivity index (χ2n) is 5.06. The van der Waals surface area contributed by atoms with Crippen LogP contribution in [-0.4, -0.2) is 8.75 Å². The maximum Gasteiger partial charge on any atom is 0.121 e. The zero-order valence-electron chi connectivity index (χ0n) is 12.0. The second-order valence-corrected chi connectivity index (χ2v) is 6.44. The first-order valence-electron chi connectivity index (χ1n) is 7.06. The zero-order chi connectivity index (χ0) is 15.6. The summed E-state index contributed by atoms with van der Waals surface area (Å²) in [6, 6.07) is 12.2. The Bertz CT molecular complexity index is 897. The van der Waals surface area contributed by atoms with Crippen LogP contribution in [-0.2, 0) is 0 Å². The summed E-state index contributed by atoms with van der Waals surface area (Å²) in [7, 11) is 0. The topological polar surface area (TPSA) is 25.8 Å². The summed E-state index contributed by atoms with van der Waals surface area (Å²) in [6.07, 6.45) is 8.30. The standard InChI is InChI=1S/C19H10BrN2S/c20-17-12-11-16(18-19(17)22-23-21-18)10-7-13-5-8-15(9-6-13)14-3-1-2-4-14/h1-6,8-9,11-12H. The van der Waals surface area contributed by atoms with Crippen LogP contribution in [0, 0.1) is 43.4 Å². The highest BCUT2D eigenvalue weighted by molar-refractivity contribution is 9.10. The molecule has 2 aromatic carbocycles. The van der Waals surface area contributed by atoms with Crippen LogP contribution in [0.1, 0.15) is 16.7 Å². The minimum absolute atomic E-state index is 0.852. The molecule has 1 fully saturated rings. The molecule has 0 bridgehead atoms. The van der Waals surface area contributed by atoms with Gasteiger partial charge in [-0.1, -0.05) is 24.0 Å². The Hall–Kier alpha value is -1.70. The van der Waals surface area contributed by atoms with Gasteiger partial charge in [-0.25, -0.2) is 0 Å². The molecule has 1 heterocycles. The van der Waals surface area contributed by atoms with Gasteiger partial charge in [-0.05, 0) is 71.4 Å². The van der Waals surface area contributed by atoms with E-state index in [0.29, 0.717) is 0 Å². The monoisotopic (exact) mass is 377 g/mol. The van der Waals surface area contributed by atoms with Crippen LogP contribution < -0.4 is 0 Å². The number of hydrogen-bond donors (Lipinski definition) is 0. The van der Waals surface area contributed by atoms with E-state index in [0.717, 1.165) is 26.6 Å². The molecule has 0 atom stereocenters. The highest BCUT2D eigenvalue weighted by Crippen LogP contribution is 2.30. The number of halogens is 1. The van der Waals surface area contributed by atoms with Crippen molar-refractivity contribution in [1.82, 2.24) is 8.75 Å². The van der Waals surface area contributed by atoms with Gasteiger partial charge in [0.05, 0.1) is 17.3 Å². The molecule has 109 valence electrons. The van der Waals surface area contributed by atoms with Gasteiger partial charge in [-0.3, -0.25) is 0 Å². The minimum atomic E-state index is 0.852. The van der Waals surface area contributed by atoms with Crippen molar-refractivity contribution in [2.45, 2.75) is 0 Å². The third-order valence-electron chi connectivity index (χ3n) is 3.59. The molecule has 2 nitrogen and oxygen atoms in total. The van der Waals surface area contributed by atoms with E-state index in [1.165, 1.54) is 23.2 Å². The van der Waals surface area contributed by atoms with Crippen molar-refractivity contribution in [2.24, 2.45) is 0 Å².